The molecule has 0 spiro atoms. The molecule has 0 aliphatic carbocycles. The topological polar surface area (TPSA) is 59.4 Å². The SMILES string of the molecule is CCCCCCCCOc1ncc(C(=O)O)cc1Cl. The summed E-state index contributed by atoms with van der Waals surface area (Å²) in [6, 6.07) is 1.35. The smallest absolute Gasteiger partial charge is 0.337 e. The first-order valence-corrected chi connectivity index (χ1v) is 7.04. The van der Waals surface area contributed by atoms with Gasteiger partial charge in [0.15, 0.2) is 0 Å². The Morgan fingerprint density at radius 2 is 2.00 bits per heavy atom. The number of rotatable bonds is 9. The summed E-state index contributed by atoms with van der Waals surface area (Å²) in [5.41, 5.74) is 0.0666. The van der Waals surface area contributed by atoms with Crippen molar-refractivity contribution in [3.05, 3.63) is 22.8 Å². The number of unbranched alkanes of at least 4 members (excludes halogenated alkanes) is 5. The average Bonchev–Trinajstić information content (AvgIpc) is 2.39. The minimum atomic E-state index is -1.04. The van der Waals surface area contributed by atoms with Gasteiger partial charge in [0, 0.05) is 6.20 Å². The van der Waals surface area contributed by atoms with Crippen molar-refractivity contribution in [3.8, 4) is 5.88 Å². The Kier molecular flexibility index (Phi) is 7.26. The van der Waals surface area contributed by atoms with E-state index in [2.05, 4.69) is 11.9 Å². The van der Waals surface area contributed by atoms with E-state index < -0.39 is 5.97 Å². The molecule has 1 N–H and O–H groups in total. The Morgan fingerprint density at radius 1 is 1.32 bits per heavy atom. The average molecular weight is 286 g/mol. The zero-order valence-corrected chi connectivity index (χ0v) is 11.9. The number of hydrogen-bond acceptors (Lipinski definition) is 3. The Morgan fingerprint density at radius 3 is 2.63 bits per heavy atom. The first-order chi connectivity index (χ1) is 9.15. The Balaban J connectivity index is 2.28. The van der Waals surface area contributed by atoms with E-state index in [1.54, 1.807) is 0 Å². The quantitative estimate of drug-likeness (QED) is 0.692. The number of carbonyl (C=O) groups is 1. The van der Waals surface area contributed by atoms with Gasteiger partial charge in [0.05, 0.1) is 12.2 Å². The highest BCUT2D eigenvalue weighted by molar-refractivity contribution is 6.32. The van der Waals surface area contributed by atoms with Crippen LogP contribution in [-0.2, 0) is 0 Å². The summed E-state index contributed by atoms with van der Waals surface area (Å²) < 4.78 is 5.44. The molecule has 1 rings (SSSR count). The Bertz CT molecular complexity index is 410. The van der Waals surface area contributed by atoms with E-state index in [0.29, 0.717) is 12.5 Å². The highest BCUT2D eigenvalue weighted by atomic mass is 35.5. The van der Waals surface area contributed by atoms with E-state index in [1.165, 1.54) is 37.9 Å². The normalized spacial score (nSPS) is 10.4. The zero-order valence-electron chi connectivity index (χ0n) is 11.2. The van der Waals surface area contributed by atoms with Crippen LogP contribution in [0.25, 0.3) is 0 Å². The second-order valence-corrected chi connectivity index (χ2v) is 4.84. The molecular formula is C14H20ClNO3. The highest BCUT2D eigenvalue weighted by Gasteiger charge is 2.09. The Labute approximate surface area is 118 Å². The van der Waals surface area contributed by atoms with Gasteiger partial charge in [-0.2, -0.15) is 0 Å². The van der Waals surface area contributed by atoms with Crippen molar-refractivity contribution < 1.29 is 14.6 Å². The lowest BCUT2D eigenvalue weighted by atomic mass is 10.1. The van der Waals surface area contributed by atoms with Gasteiger partial charge in [-0.3, -0.25) is 0 Å². The van der Waals surface area contributed by atoms with Crippen molar-refractivity contribution in [2.45, 2.75) is 45.4 Å². The number of carboxylic acid groups (broad SMARTS) is 1. The molecule has 5 heteroatoms. The number of aromatic nitrogens is 1. The van der Waals surface area contributed by atoms with Crippen LogP contribution in [0.3, 0.4) is 0 Å². The molecule has 0 atom stereocenters. The Hall–Kier alpha value is -1.29. The van der Waals surface area contributed by atoms with Gasteiger partial charge in [-0.15, -0.1) is 0 Å². The largest absolute Gasteiger partial charge is 0.478 e. The van der Waals surface area contributed by atoms with Gasteiger partial charge in [0.1, 0.15) is 5.02 Å². The van der Waals surface area contributed by atoms with Crippen LogP contribution in [0.1, 0.15) is 55.8 Å². The van der Waals surface area contributed by atoms with Crippen molar-refractivity contribution in [2.24, 2.45) is 0 Å². The van der Waals surface area contributed by atoms with Crippen LogP contribution in [0.2, 0.25) is 5.02 Å². The van der Waals surface area contributed by atoms with Crippen molar-refractivity contribution >= 4 is 17.6 Å². The molecule has 106 valence electrons. The number of aromatic carboxylic acids is 1. The maximum Gasteiger partial charge on any atom is 0.337 e. The van der Waals surface area contributed by atoms with E-state index >= 15 is 0 Å². The van der Waals surface area contributed by atoms with Crippen LogP contribution in [0.4, 0.5) is 0 Å². The number of carboxylic acids is 1. The molecule has 1 heterocycles. The number of ether oxygens (including phenoxy) is 1. The summed E-state index contributed by atoms with van der Waals surface area (Å²) in [6.45, 7) is 2.75. The molecule has 0 aromatic carbocycles. The molecule has 19 heavy (non-hydrogen) atoms. The lowest BCUT2D eigenvalue weighted by Crippen LogP contribution is -2.02. The number of pyridine rings is 1. The van der Waals surface area contributed by atoms with E-state index in [-0.39, 0.29) is 10.6 Å². The van der Waals surface area contributed by atoms with Crippen LogP contribution >= 0.6 is 11.6 Å². The van der Waals surface area contributed by atoms with E-state index in [1.807, 2.05) is 0 Å². The molecule has 0 fully saturated rings. The highest BCUT2D eigenvalue weighted by Crippen LogP contribution is 2.22. The van der Waals surface area contributed by atoms with Gasteiger partial charge in [-0.1, -0.05) is 50.6 Å². The molecule has 0 aliphatic rings. The maximum atomic E-state index is 10.7. The van der Waals surface area contributed by atoms with Gasteiger partial charge in [-0.05, 0) is 12.5 Å². The first-order valence-electron chi connectivity index (χ1n) is 6.66. The maximum absolute atomic E-state index is 10.7. The predicted molar refractivity (Wildman–Crippen MR) is 75.1 cm³/mol. The van der Waals surface area contributed by atoms with Crippen molar-refractivity contribution in [1.29, 1.82) is 0 Å². The summed E-state index contributed by atoms with van der Waals surface area (Å²) in [7, 11) is 0. The van der Waals surface area contributed by atoms with Crippen molar-refractivity contribution in [1.82, 2.24) is 4.98 Å². The third-order valence-corrected chi connectivity index (χ3v) is 3.06. The van der Waals surface area contributed by atoms with Crippen LogP contribution < -0.4 is 4.74 Å². The second kappa shape index (κ2) is 8.75. The van der Waals surface area contributed by atoms with Gasteiger partial charge < -0.3 is 9.84 Å². The van der Waals surface area contributed by atoms with E-state index in [0.717, 1.165) is 12.8 Å². The van der Waals surface area contributed by atoms with Crippen molar-refractivity contribution in [3.63, 3.8) is 0 Å². The van der Waals surface area contributed by atoms with Crippen LogP contribution in [0.15, 0.2) is 12.3 Å². The molecule has 1 aromatic heterocycles. The monoisotopic (exact) mass is 285 g/mol. The molecule has 0 bridgehead atoms. The molecule has 0 amide bonds. The number of hydrogen-bond donors (Lipinski definition) is 1. The third kappa shape index (κ3) is 5.92. The lowest BCUT2D eigenvalue weighted by molar-refractivity contribution is 0.0696. The van der Waals surface area contributed by atoms with Crippen LogP contribution in [0, 0.1) is 0 Å². The fraction of sp³-hybridized carbons (Fsp3) is 0.571. The van der Waals surface area contributed by atoms with Gasteiger partial charge in [0.25, 0.3) is 0 Å². The minimum absolute atomic E-state index is 0.0666. The summed E-state index contributed by atoms with van der Waals surface area (Å²) >= 11 is 5.90. The standard InChI is InChI=1S/C14H20ClNO3/c1-2-3-4-5-6-7-8-19-13-12(15)9-11(10-16-13)14(17)18/h9-10H,2-8H2,1H3,(H,17,18). The van der Waals surface area contributed by atoms with Crippen LogP contribution in [0.5, 0.6) is 5.88 Å². The van der Waals surface area contributed by atoms with Gasteiger partial charge in [-0.25, -0.2) is 9.78 Å². The summed E-state index contributed by atoms with van der Waals surface area (Å²) in [5, 5.41) is 9.02. The molecule has 0 radical (unpaired) electrons. The lowest BCUT2D eigenvalue weighted by Gasteiger charge is -2.07. The summed E-state index contributed by atoms with van der Waals surface area (Å²) in [4.78, 5) is 14.6. The van der Waals surface area contributed by atoms with Gasteiger partial charge >= 0.3 is 5.97 Å². The number of halogens is 1. The first kappa shape index (κ1) is 15.8. The minimum Gasteiger partial charge on any atom is -0.478 e. The molecule has 0 saturated carbocycles. The van der Waals surface area contributed by atoms with Gasteiger partial charge in [0.2, 0.25) is 5.88 Å². The molecule has 4 nitrogen and oxygen atoms in total. The molecular weight excluding hydrogens is 266 g/mol. The number of nitrogens with zero attached hydrogens (tertiary/aromatic N) is 1. The second-order valence-electron chi connectivity index (χ2n) is 4.43. The molecule has 1 aromatic rings. The molecule has 0 unspecified atom stereocenters. The molecule has 0 aliphatic heterocycles. The summed E-state index contributed by atoms with van der Waals surface area (Å²) in [6.07, 6.45) is 8.36. The third-order valence-electron chi connectivity index (χ3n) is 2.79. The molecule has 0 saturated heterocycles. The van der Waals surface area contributed by atoms with Crippen molar-refractivity contribution in [2.75, 3.05) is 6.61 Å². The van der Waals surface area contributed by atoms with Crippen LogP contribution in [-0.4, -0.2) is 22.7 Å². The fourth-order valence-electron chi connectivity index (χ4n) is 1.70. The van der Waals surface area contributed by atoms with E-state index in [9.17, 15) is 4.79 Å². The summed E-state index contributed by atoms with van der Waals surface area (Å²) in [5.74, 6) is -0.739. The fourth-order valence-corrected chi connectivity index (χ4v) is 1.92. The zero-order chi connectivity index (χ0) is 14.1. The van der Waals surface area contributed by atoms with E-state index in [4.69, 9.17) is 21.4 Å². The predicted octanol–water partition coefficient (Wildman–Crippen LogP) is 4.17.